The van der Waals surface area contributed by atoms with E-state index in [9.17, 15) is 0 Å². The summed E-state index contributed by atoms with van der Waals surface area (Å²) < 4.78 is 0. The third kappa shape index (κ3) is 3.56. The molecule has 1 fully saturated rings. The van der Waals surface area contributed by atoms with E-state index in [4.69, 9.17) is 0 Å². The Bertz CT molecular complexity index is 379. The summed E-state index contributed by atoms with van der Waals surface area (Å²) in [7, 11) is 2.27. The van der Waals surface area contributed by atoms with Crippen LogP contribution in [0.4, 0.5) is 0 Å². The summed E-state index contributed by atoms with van der Waals surface area (Å²) in [5.41, 5.74) is 4.26. The summed E-state index contributed by atoms with van der Waals surface area (Å²) >= 11 is 0. The third-order valence-electron chi connectivity index (χ3n) is 4.09. The van der Waals surface area contributed by atoms with Gasteiger partial charge in [-0.05, 0) is 64.4 Å². The fourth-order valence-corrected chi connectivity index (χ4v) is 2.86. The largest absolute Gasteiger partial charge is 0.317 e. The van der Waals surface area contributed by atoms with E-state index in [-0.39, 0.29) is 0 Å². The van der Waals surface area contributed by atoms with Crippen LogP contribution in [0.3, 0.4) is 0 Å². The van der Waals surface area contributed by atoms with Crippen molar-refractivity contribution in [1.82, 2.24) is 10.2 Å². The minimum Gasteiger partial charge on any atom is -0.317 e. The Balaban J connectivity index is 1.98. The van der Waals surface area contributed by atoms with Gasteiger partial charge in [0.15, 0.2) is 0 Å². The van der Waals surface area contributed by atoms with E-state index >= 15 is 0 Å². The van der Waals surface area contributed by atoms with Gasteiger partial charge in [-0.25, -0.2) is 0 Å². The Hall–Kier alpha value is -0.860. The molecule has 1 unspecified atom stereocenters. The van der Waals surface area contributed by atoms with Gasteiger partial charge in [0.05, 0.1) is 0 Å². The lowest BCUT2D eigenvalue weighted by molar-refractivity contribution is 0.216. The summed E-state index contributed by atoms with van der Waals surface area (Å²) in [6.07, 6.45) is 3.91. The maximum Gasteiger partial charge on any atom is 0.0236 e. The van der Waals surface area contributed by atoms with Gasteiger partial charge in [0.25, 0.3) is 0 Å². The third-order valence-corrected chi connectivity index (χ3v) is 4.09. The molecule has 0 aromatic heterocycles. The van der Waals surface area contributed by atoms with E-state index in [1.165, 1.54) is 49.0 Å². The van der Waals surface area contributed by atoms with Gasteiger partial charge in [-0.1, -0.05) is 23.8 Å². The van der Waals surface area contributed by atoms with Crippen LogP contribution in [0.25, 0.3) is 0 Å². The fourth-order valence-electron chi connectivity index (χ4n) is 2.86. The molecule has 2 heteroatoms. The molecule has 0 saturated carbocycles. The van der Waals surface area contributed by atoms with Crippen molar-refractivity contribution >= 4 is 0 Å². The van der Waals surface area contributed by atoms with Crippen LogP contribution in [0.2, 0.25) is 0 Å². The first-order chi connectivity index (χ1) is 8.66. The highest BCUT2D eigenvalue weighted by atomic mass is 15.1. The van der Waals surface area contributed by atoms with Gasteiger partial charge in [0.2, 0.25) is 0 Å². The molecule has 2 nitrogen and oxygen atoms in total. The van der Waals surface area contributed by atoms with Crippen LogP contribution in [-0.4, -0.2) is 31.1 Å². The minimum absolute atomic E-state index is 0.737. The van der Waals surface area contributed by atoms with Crippen molar-refractivity contribution in [2.45, 2.75) is 45.7 Å². The van der Waals surface area contributed by atoms with Crippen LogP contribution in [0.15, 0.2) is 18.2 Å². The number of nitrogens with one attached hydrogen (secondary N) is 1. The SMILES string of the molecule is Cc1ccc(CN(C)C2CCCNCC2)c(C)c1. The molecule has 1 N–H and O–H groups in total. The van der Waals surface area contributed by atoms with Gasteiger partial charge in [-0.2, -0.15) is 0 Å². The summed E-state index contributed by atoms with van der Waals surface area (Å²) in [5, 5.41) is 3.49. The molecule has 1 aliphatic heterocycles. The van der Waals surface area contributed by atoms with Crippen molar-refractivity contribution in [2.75, 3.05) is 20.1 Å². The molecule has 1 atom stereocenters. The lowest BCUT2D eigenvalue weighted by Crippen LogP contribution is -2.32. The van der Waals surface area contributed by atoms with Gasteiger partial charge >= 0.3 is 0 Å². The van der Waals surface area contributed by atoms with Crippen molar-refractivity contribution in [3.05, 3.63) is 34.9 Å². The zero-order valence-corrected chi connectivity index (χ0v) is 12.0. The molecular weight excluding hydrogens is 220 g/mol. The van der Waals surface area contributed by atoms with Crippen LogP contribution in [0.5, 0.6) is 0 Å². The average Bonchev–Trinajstić information content (AvgIpc) is 2.61. The zero-order chi connectivity index (χ0) is 13.0. The molecular formula is C16H26N2. The number of rotatable bonds is 3. The van der Waals surface area contributed by atoms with Crippen LogP contribution in [0.1, 0.15) is 36.0 Å². The van der Waals surface area contributed by atoms with Gasteiger partial charge in [-0.15, -0.1) is 0 Å². The molecule has 100 valence electrons. The van der Waals surface area contributed by atoms with Gasteiger partial charge in [0, 0.05) is 12.6 Å². The van der Waals surface area contributed by atoms with Crippen LogP contribution in [-0.2, 0) is 6.54 Å². The number of hydrogen-bond donors (Lipinski definition) is 1. The highest BCUT2D eigenvalue weighted by Gasteiger charge is 2.17. The van der Waals surface area contributed by atoms with Gasteiger partial charge < -0.3 is 5.32 Å². The summed E-state index contributed by atoms with van der Waals surface area (Å²) in [4.78, 5) is 2.53. The van der Waals surface area contributed by atoms with Crippen molar-refractivity contribution in [1.29, 1.82) is 0 Å². The molecule has 0 bridgehead atoms. The van der Waals surface area contributed by atoms with E-state index in [2.05, 4.69) is 49.3 Å². The first-order valence-electron chi connectivity index (χ1n) is 7.14. The Labute approximate surface area is 111 Å². The molecule has 0 radical (unpaired) electrons. The molecule has 0 spiro atoms. The standard InChI is InChI=1S/C16H26N2/c1-13-6-7-15(14(2)11-13)12-18(3)16-5-4-9-17-10-8-16/h6-7,11,16-17H,4-5,8-10,12H2,1-3H3. The summed E-state index contributed by atoms with van der Waals surface area (Å²) in [5.74, 6) is 0. The first-order valence-corrected chi connectivity index (χ1v) is 7.14. The summed E-state index contributed by atoms with van der Waals surface area (Å²) in [6.45, 7) is 7.83. The smallest absolute Gasteiger partial charge is 0.0236 e. The predicted molar refractivity (Wildman–Crippen MR) is 77.9 cm³/mol. The van der Waals surface area contributed by atoms with Gasteiger partial charge in [-0.3, -0.25) is 4.90 Å². The molecule has 0 amide bonds. The highest BCUT2D eigenvalue weighted by Crippen LogP contribution is 2.17. The predicted octanol–water partition coefficient (Wildman–Crippen LogP) is 2.88. The second-order valence-electron chi connectivity index (χ2n) is 5.68. The van der Waals surface area contributed by atoms with Crippen molar-refractivity contribution < 1.29 is 0 Å². The fraction of sp³-hybridized carbons (Fsp3) is 0.625. The minimum atomic E-state index is 0.737. The normalized spacial score (nSPS) is 21.0. The Morgan fingerprint density at radius 2 is 2.06 bits per heavy atom. The Morgan fingerprint density at radius 1 is 1.22 bits per heavy atom. The van der Waals surface area contributed by atoms with E-state index in [0.717, 1.165) is 12.6 Å². The molecule has 1 aromatic carbocycles. The Kier molecular flexibility index (Phi) is 4.79. The molecule has 1 saturated heterocycles. The van der Waals surface area contributed by atoms with E-state index < -0.39 is 0 Å². The lowest BCUT2D eigenvalue weighted by atomic mass is 10.0. The van der Waals surface area contributed by atoms with Gasteiger partial charge in [0.1, 0.15) is 0 Å². The quantitative estimate of drug-likeness (QED) is 0.882. The van der Waals surface area contributed by atoms with E-state index in [1.807, 2.05) is 0 Å². The number of aryl methyl sites for hydroxylation is 2. The average molecular weight is 246 g/mol. The maximum absolute atomic E-state index is 3.49. The second kappa shape index (κ2) is 6.35. The van der Waals surface area contributed by atoms with Crippen LogP contribution < -0.4 is 5.32 Å². The van der Waals surface area contributed by atoms with Crippen molar-refractivity contribution in [3.63, 3.8) is 0 Å². The first kappa shape index (κ1) is 13.6. The second-order valence-corrected chi connectivity index (χ2v) is 5.68. The summed E-state index contributed by atoms with van der Waals surface area (Å²) in [6, 6.07) is 7.54. The topological polar surface area (TPSA) is 15.3 Å². The van der Waals surface area contributed by atoms with E-state index in [1.54, 1.807) is 0 Å². The number of nitrogens with zero attached hydrogens (tertiary/aromatic N) is 1. The van der Waals surface area contributed by atoms with Crippen molar-refractivity contribution in [3.8, 4) is 0 Å². The molecule has 18 heavy (non-hydrogen) atoms. The van der Waals surface area contributed by atoms with Crippen molar-refractivity contribution in [2.24, 2.45) is 0 Å². The molecule has 1 aliphatic rings. The molecule has 1 heterocycles. The highest BCUT2D eigenvalue weighted by molar-refractivity contribution is 5.30. The number of hydrogen-bond acceptors (Lipinski definition) is 2. The van der Waals surface area contributed by atoms with Crippen LogP contribution >= 0.6 is 0 Å². The molecule has 1 aromatic rings. The Morgan fingerprint density at radius 3 is 2.83 bits per heavy atom. The molecule has 2 rings (SSSR count). The lowest BCUT2D eigenvalue weighted by Gasteiger charge is -2.27. The maximum atomic E-state index is 3.49. The van der Waals surface area contributed by atoms with Crippen LogP contribution in [0, 0.1) is 13.8 Å². The molecule has 0 aliphatic carbocycles. The van der Waals surface area contributed by atoms with E-state index in [0.29, 0.717) is 0 Å². The monoisotopic (exact) mass is 246 g/mol. The zero-order valence-electron chi connectivity index (χ0n) is 12.0. The number of benzene rings is 1.